The van der Waals surface area contributed by atoms with Crippen molar-refractivity contribution in [2.45, 2.75) is 0 Å². The summed E-state index contributed by atoms with van der Waals surface area (Å²) < 4.78 is 6.65. The van der Waals surface area contributed by atoms with Crippen LogP contribution in [0.3, 0.4) is 0 Å². The fourth-order valence-corrected chi connectivity index (χ4v) is 3.80. The molecule has 2 aromatic heterocycles. The smallest absolute Gasteiger partial charge is 0.287 e. The summed E-state index contributed by atoms with van der Waals surface area (Å²) in [6.45, 7) is 0. The molecule has 2 heterocycles. The first-order valence-corrected chi connectivity index (χ1v) is 10.00. The molecule has 0 fully saturated rings. The minimum absolute atomic E-state index is 0.0991. The second kappa shape index (κ2) is 7.72. The molecular weight excluding hydrogens is 422 g/mol. The number of benzene rings is 3. The van der Waals surface area contributed by atoms with Crippen LogP contribution in [0.1, 0.15) is 10.6 Å². The minimum Gasteiger partial charge on any atom is -0.507 e. The second-order valence-corrected chi connectivity index (χ2v) is 7.41. The van der Waals surface area contributed by atoms with Crippen LogP contribution >= 0.6 is 0 Å². The van der Waals surface area contributed by atoms with Crippen molar-refractivity contribution in [3.63, 3.8) is 0 Å². The number of carbonyl (C=O) groups is 1. The van der Waals surface area contributed by atoms with Gasteiger partial charge in [-0.3, -0.25) is 9.36 Å². The third-order valence-electron chi connectivity index (χ3n) is 5.43. The zero-order chi connectivity index (χ0) is 23.1. The molecule has 0 saturated carbocycles. The van der Waals surface area contributed by atoms with Crippen LogP contribution in [0.4, 0.5) is 0 Å². The zero-order valence-electron chi connectivity index (χ0n) is 17.5. The largest absolute Gasteiger partial charge is 0.507 e. The highest BCUT2D eigenvalue weighted by molar-refractivity contribution is 5.92. The number of phenolic OH excluding ortho intramolecular Hbond substituents is 2. The molecule has 9 heteroatoms. The van der Waals surface area contributed by atoms with Crippen LogP contribution in [0.2, 0.25) is 0 Å². The number of nitrogens with zero attached hydrogens (tertiary/aromatic N) is 3. The Kier molecular flexibility index (Phi) is 4.71. The number of phenols is 2. The third-order valence-corrected chi connectivity index (χ3v) is 5.43. The number of fused-ring (bicyclic) bond motifs is 1. The van der Waals surface area contributed by atoms with Gasteiger partial charge in [-0.25, -0.2) is 0 Å². The molecule has 0 saturated heterocycles. The number of nitrogens with two attached hydrogens (primary N) is 1. The molecular formula is C24H19N5O4. The molecule has 5 aromatic rings. The van der Waals surface area contributed by atoms with E-state index in [0.717, 1.165) is 16.5 Å². The van der Waals surface area contributed by atoms with Crippen LogP contribution < -0.4 is 10.5 Å². The fourth-order valence-electron chi connectivity index (χ4n) is 3.80. The van der Waals surface area contributed by atoms with Gasteiger partial charge in [-0.15, -0.1) is 10.2 Å². The lowest BCUT2D eigenvalue weighted by Crippen LogP contribution is -2.17. The van der Waals surface area contributed by atoms with E-state index < -0.39 is 5.91 Å². The minimum atomic E-state index is -0.777. The number of H-pyrrole nitrogens is 1. The number of amides is 1. The van der Waals surface area contributed by atoms with E-state index in [9.17, 15) is 15.0 Å². The molecule has 0 spiro atoms. The van der Waals surface area contributed by atoms with E-state index in [4.69, 9.17) is 10.5 Å². The number of primary amides is 1. The summed E-state index contributed by atoms with van der Waals surface area (Å²) in [7, 11) is 1.55. The van der Waals surface area contributed by atoms with Crippen LogP contribution in [0, 0.1) is 0 Å². The van der Waals surface area contributed by atoms with E-state index in [-0.39, 0.29) is 28.7 Å². The quantitative estimate of drug-likeness (QED) is 0.329. The molecule has 5 N–H and O–H groups in total. The lowest BCUT2D eigenvalue weighted by atomic mass is 9.99. The van der Waals surface area contributed by atoms with Gasteiger partial charge in [0.1, 0.15) is 17.2 Å². The van der Waals surface area contributed by atoms with E-state index in [2.05, 4.69) is 15.2 Å². The van der Waals surface area contributed by atoms with Gasteiger partial charge in [0.15, 0.2) is 5.82 Å². The van der Waals surface area contributed by atoms with E-state index in [1.807, 2.05) is 30.5 Å². The van der Waals surface area contributed by atoms with Crippen LogP contribution in [-0.4, -0.2) is 43.0 Å². The van der Waals surface area contributed by atoms with E-state index in [1.165, 1.54) is 10.6 Å². The molecule has 0 aliphatic rings. The van der Waals surface area contributed by atoms with Crippen molar-refractivity contribution < 1.29 is 19.7 Å². The van der Waals surface area contributed by atoms with Crippen molar-refractivity contribution in [3.05, 3.63) is 72.7 Å². The molecule has 164 valence electrons. The van der Waals surface area contributed by atoms with Crippen LogP contribution in [-0.2, 0) is 0 Å². The molecule has 5 rings (SSSR count). The molecule has 33 heavy (non-hydrogen) atoms. The van der Waals surface area contributed by atoms with E-state index in [1.54, 1.807) is 37.4 Å². The molecule has 0 unspecified atom stereocenters. The molecule has 9 nitrogen and oxygen atoms in total. The third kappa shape index (κ3) is 3.41. The lowest BCUT2D eigenvalue weighted by molar-refractivity contribution is 0.0988. The van der Waals surface area contributed by atoms with Crippen molar-refractivity contribution in [3.8, 4) is 45.5 Å². The van der Waals surface area contributed by atoms with Gasteiger partial charge in [-0.2, -0.15) is 0 Å². The van der Waals surface area contributed by atoms with E-state index >= 15 is 0 Å². The first-order valence-electron chi connectivity index (χ1n) is 10.00. The Hall–Kier alpha value is -4.79. The maximum Gasteiger partial charge on any atom is 0.287 e. The Morgan fingerprint density at radius 1 is 0.970 bits per heavy atom. The summed E-state index contributed by atoms with van der Waals surface area (Å²) in [6.07, 6.45) is 1.83. The predicted octanol–water partition coefficient (Wildman–Crippen LogP) is 3.60. The van der Waals surface area contributed by atoms with Crippen molar-refractivity contribution >= 4 is 16.8 Å². The topological polar surface area (TPSA) is 139 Å². The summed E-state index contributed by atoms with van der Waals surface area (Å²) in [5.41, 5.74) is 8.54. The number of hydrogen-bond donors (Lipinski definition) is 4. The standard InChI is InChI=1S/C24H19N5O4/c1-33-16-5-3-15(4-6-16)29-23(27-28-24(29)22(25)32)18-11-17(20(30)12-21(18)31)13-2-7-19-14(10-13)8-9-26-19/h2-12,26,30-31H,1H3,(H2,25,32). The zero-order valence-corrected chi connectivity index (χ0v) is 17.5. The average molecular weight is 441 g/mol. The number of aromatic hydroxyl groups is 2. The molecule has 0 aliphatic heterocycles. The molecule has 0 atom stereocenters. The van der Waals surface area contributed by atoms with Crippen LogP contribution in [0.5, 0.6) is 17.2 Å². The molecule has 0 aliphatic carbocycles. The Morgan fingerprint density at radius 3 is 2.45 bits per heavy atom. The highest BCUT2D eigenvalue weighted by Crippen LogP contribution is 2.40. The summed E-state index contributed by atoms with van der Waals surface area (Å²) in [4.78, 5) is 15.2. The Bertz CT molecular complexity index is 1500. The van der Waals surface area contributed by atoms with Crippen molar-refractivity contribution in [1.82, 2.24) is 19.7 Å². The number of aromatic nitrogens is 4. The molecule has 0 bridgehead atoms. The highest BCUT2D eigenvalue weighted by Gasteiger charge is 2.23. The fraction of sp³-hybridized carbons (Fsp3) is 0.0417. The Labute approximate surface area is 187 Å². The summed E-state index contributed by atoms with van der Waals surface area (Å²) in [5, 5.41) is 30.3. The molecule has 0 radical (unpaired) electrons. The first kappa shape index (κ1) is 20.1. The number of hydrogen-bond acceptors (Lipinski definition) is 6. The van der Waals surface area contributed by atoms with Gasteiger partial charge in [0.25, 0.3) is 5.91 Å². The number of methoxy groups -OCH3 is 1. The van der Waals surface area contributed by atoms with Gasteiger partial charge in [-0.05, 0) is 59.5 Å². The van der Waals surface area contributed by atoms with Gasteiger partial charge in [0, 0.05) is 29.0 Å². The van der Waals surface area contributed by atoms with Gasteiger partial charge in [0.2, 0.25) is 5.82 Å². The average Bonchev–Trinajstić information content (AvgIpc) is 3.46. The summed E-state index contributed by atoms with van der Waals surface area (Å²) in [6, 6.07) is 17.3. The van der Waals surface area contributed by atoms with Gasteiger partial charge in [-0.1, -0.05) is 6.07 Å². The second-order valence-electron chi connectivity index (χ2n) is 7.41. The van der Waals surface area contributed by atoms with Crippen molar-refractivity contribution in [2.24, 2.45) is 5.73 Å². The lowest BCUT2D eigenvalue weighted by Gasteiger charge is -2.13. The molecule has 3 aromatic carbocycles. The Morgan fingerprint density at radius 2 is 1.73 bits per heavy atom. The predicted molar refractivity (Wildman–Crippen MR) is 122 cm³/mol. The van der Waals surface area contributed by atoms with E-state index in [0.29, 0.717) is 17.0 Å². The monoisotopic (exact) mass is 441 g/mol. The number of carbonyl (C=O) groups excluding carboxylic acids is 1. The number of nitrogens with one attached hydrogen (secondary N) is 1. The maximum atomic E-state index is 12.1. The van der Waals surface area contributed by atoms with Crippen LogP contribution in [0.15, 0.2) is 66.9 Å². The summed E-state index contributed by atoms with van der Waals surface area (Å²) >= 11 is 0. The van der Waals surface area contributed by atoms with Crippen molar-refractivity contribution in [2.75, 3.05) is 7.11 Å². The van der Waals surface area contributed by atoms with Crippen LogP contribution in [0.25, 0.3) is 39.1 Å². The van der Waals surface area contributed by atoms with Gasteiger partial charge in [0.05, 0.1) is 12.7 Å². The van der Waals surface area contributed by atoms with Gasteiger partial charge >= 0.3 is 0 Å². The summed E-state index contributed by atoms with van der Waals surface area (Å²) in [5.74, 6) is -0.382. The SMILES string of the molecule is COc1ccc(-n2c(C(N)=O)nnc2-c2cc(-c3ccc4[nH]ccc4c3)c(O)cc2O)cc1. The maximum absolute atomic E-state index is 12.1. The highest BCUT2D eigenvalue weighted by atomic mass is 16.5. The number of aromatic amines is 1. The van der Waals surface area contributed by atoms with Crippen molar-refractivity contribution in [1.29, 1.82) is 0 Å². The first-order chi connectivity index (χ1) is 16.0. The number of ether oxygens (including phenoxy) is 1. The number of rotatable bonds is 5. The van der Waals surface area contributed by atoms with Gasteiger partial charge < -0.3 is 25.7 Å². The Balaban J connectivity index is 1.71. The normalized spacial score (nSPS) is 11.1. The molecule has 1 amide bonds.